The van der Waals surface area contributed by atoms with Crippen LogP contribution in [0.25, 0.3) is 11.4 Å². The van der Waals surface area contributed by atoms with Crippen LogP contribution in [0.4, 0.5) is 18.9 Å². The summed E-state index contributed by atoms with van der Waals surface area (Å²) >= 11 is 0. The van der Waals surface area contributed by atoms with E-state index in [0.717, 1.165) is 15.9 Å². The van der Waals surface area contributed by atoms with Gasteiger partial charge >= 0.3 is 6.18 Å². The lowest BCUT2D eigenvalue weighted by molar-refractivity contribution is -0.123. The summed E-state index contributed by atoms with van der Waals surface area (Å²) in [4.78, 5) is 25.2. The predicted octanol–water partition coefficient (Wildman–Crippen LogP) is 2.58. The SMILES string of the molecule is Cc1ccc(-c2nnn(CC(=O)Nc3cccc(C(=O)NCC(F)(F)F)c3)n2)cc1. The molecule has 0 aliphatic rings. The Morgan fingerprint density at radius 1 is 1.10 bits per heavy atom. The lowest BCUT2D eigenvalue weighted by Crippen LogP contribution is -2.33. The Morgan fingerprint density at radius 2 is 1.83 bits per heavy atom. The highest BCUT2D eigenvalue weighted by molar-refractivity contribution is 5.97. The van der Waals surface area contributed by atoms with Crippen molar-refractivity contribution in [1.82, 2.24) is 25.5 Å². The first-order valence-corrected chi connectivity index (χ1v) is 8.79. The highest BCUT2D eigenvalue weighted by Crippen LogP contribution is 2.15. The van der Waals surface area contributed by atoms with Gasteiger partial charge in [0.1, 0.15) is 13.1 Å². The number of carbonyl (C=O) groups is 2. The average Bonchev–Trinajstić information content (AvgIpc) is 3.14. The Morgan fingerprint density at radius 3 is 2.53 bits per heavy atom. The predicted molar refractivity (Wildman–Crippen MR) is 101 cm³/mol. The first-order chi connectivity index (χ1) is 14.2. The monoisotopic (exact) mass is 418 g/mol. The Hall–Kier alpha value is -3.76. The second-order valence-corrected chi connectivity index (χ2v) is 6.44. The molecule has 0 aliphatic carbocycles. The minimum atomic E-state index is -4.51. The number of nitrogens with one attached hydrogen (secondary N) is 2. The van der Waals surface area contributed by atoms with Crippen LogP contribution in [0.5, 0.6) is 0 Å². The summed E-state index contributed by atoms with van der Waals surface area (Å²) in [6.45, 7) is 0.278. The van der Waals surface area contributed by atoms with Gasteiger partial charge in [-0.1, -0.05) is 35.9 Å². The summed E-state index contributed by atoms with van der Waals surface area (Å²) in [6, 6.07) is 13.1. The van der Waals surface area contributed by atoms with E-state index in [1.54, 1.807) is 5.32 Å². The summed E-state index contributed by atoms with van der Waals surface area (Å²) in [5.74, 6) is -1.02. The Bertz CT molecular complexity index is 1050. The fraction of sp³-hybridized carbons (Fsp3) is 0.211. The van der Waals surface area contributed by atoms with E-state index in [2.05, 4.69) is 20.7 Å². The first kappa shape index (κ1) is 21.0. The van der Waals surface area contributed by atoms with Crippen molar-refractivity contribution in [3.63, 3.8) is 0 Å². The summed E-state index contributed by atoms with van der Waals surface area (Å²) in [7, 11) is 0. The van der Waals surface area contributed by atoms with E-state index in [1.165, 1.54) is 24.3 Å². The van der Waals surface area contributed by atoms with Gasteiger partial charge in [-0.2, -0.15) is 18.0 Å². The molecule has 3 rings (SSSR count). The van der Waals surface area contributed by atoms with Crippen LogP contribution in [0.2, 0.25) is 0 Å². The minimum Gasteiger partial charge on any atom is -0.343 e. The lowest BCUT2D eigenvalue weighted by Gasteiger charge is -2.10. The second kappa shape index (κ2) is 8.72. The van der Waals surface area contributed by atoms with Gasteiger partial charge in [0.25, 0.3) is 5.91 Å². The molecule has 0 unspecified atom stereocenters. The molecule has 1 heterocycles. The maximum absolute atomic E-state index is 12.2. The molecule has 0 bridgehead atoms. The number of halogens is 3. The van der Waals surface area contributed by atoms with Crippen LogP contribution in [0.1, 0.15) is 15.9 Å². The molecule has 0 saturated heterocycles. The summed E-state index contributed by atoms with van der Waals surface area (Å²) < 4.78 is 36.7. The van der Waals surface area contributed by atoms with Crippen LogP contribution in [0, 0.1) is 6.92 Å². The highest BCUT2D eigenvalue weighted by atomic mass is 19.4. The number of alkyl halides is 3. The van der Waals surface area contributed by atoms with E-state index in [9.17, 15) is 22.8 Å². The number of anilines is 1. The van der Waals surface area contributed by atoms with Crippen LogP contribution in [0.3, 0.4) is 0 Å². The Kier molecular flexibility index (Phi) is 6.09. The number of aromatic nitrogens is 4. The maximum Gasteiger partial charge on any atom is 0.405 e. The molecule has 2 N–H and O–H groups in total. The molecule has 0 radical (unpaired) electrons. The van der Waals surface area contributed by atoms with Crippen molar-refractivity contribution in [3.05, 3.63) is 59.7 Å². The van der Waals surface area contributed by atoms with Crippen LogP contribution in [0.15, 0.2) is 48.5 Å². The number of tetrazole rings is 1. The van der Waals surface area contributed by atoms with Crippen molar-refractivity contribution in [3.8, 4) is 11.4 Å². The molecule has 3 aromatic rings. The van der Waals surface area contributed by atoms with E-state index in [-0.39, 0.29) is 17.8 Å². The van der Waals surface area contributed by atoms with Gasteiger partial charge in [-0.3, -0.25) is 9.59 Å². The molecule has 2 aromatic carbocycles. The molecule has 156 valence electrons. The topological polar surface area (TPSA) is 102 Å². The fourth-order valence-corrected chi connectivity index (χ4v) is 2.48. The van der Waals surface area contributed by atoms with Crippen LogP contribution < -0.4 is 10.6 Å². The lowest BCUT2D eigenvalue weighted by atomic mass is 10.1. The number of carbonyl (C=O) groups excluding carboxylic acids is 2. The van der Waals surface area contributed by atoms with Crippen molar-refractivity contribution in [2.75, 3.05) is 11.9 Å². The molecule has 0 spiro atoms. The van der Waals surface area contributed by atoms with E-state index in [0.29, 0.717) is 5.82 Å². The van der Waals surface area contributed by atoms with Gasteiger partial charge in [-0.05, 0) is 30.3 Å². The molecule has 30 heavy (non-hydrogen) atoms. The molecule has 0 fully saturated rings. The van der Waals surface area contributed by atoms with Gasteiger partial charge < -0.3 is 10.6 Å². The van der Waals surface area contributed by atoms with Gasteiger partial charge in [0.2, 0.25) is 11.7 Å². The van der Waals surface area contributed by atoms with Crippen molar-refractivity contribution in [2.45, 2.75) is 19.6 Å². The average molecular weight is 418 g/mol. The van der Waals surface area contributed by atoms with Crippen molar-refractivity contribution in [2.24, 2.45) is 0 Å². The summed E-state index contributed by atoms with van der Waals surface area (Å²) in [5, 5.41) is 16.2. The number of benzene rings is 2. The van der Waals surface area contributed by atoms with E-state index in [1.807, 2.05) is 31.2 Å². The molecular formula is C19H17F3N6O2. The standard InChI is InChI=1S/C19H17F3N6O2/c1-12-5-7-13(8-6-12)17-25-27-28(26-17)10-16(29)24-15-4-2-3-14(9-15)18(30)23-11-19(20,21)22/h2-9H,10-11H2,1H3,(H,23,30)(H,24,29). The quantitative estimate of drug-likeness (QED) is 0.641. The van der Waals surface area contributed by atoms with Gasteiger partial charge in [-0.15, -0.1) is 10.2 Å². The number of rotatable bonds is 6. The zero-order valence-corrected chi connectivity index (χ0v) is 15.8. The summed E-state index contributed by atoms with van der Waals surface area (Å²) in [5.41, 5.74) is 2.07. The van der Waals surface area contributed by atoms with E-state index < -0.39 is 24.5 Å². The van der Waals surface area contributed by atoms with Gasteiger partial charge in [0.05, 0.1) is 0 Å². The molecule has 0 atom stereocenters. The first-order valence-electron chi connectivity index (χ1n) is 8.79. The number of hydrogen-bond acceptors (Lipinski definition) is 5. The number of aryl methyl sites for hydroxylation is 1. The fourth-order valence-electron chi connectivity index (χ4n) is 2.48. The molecule has 8 nitrogen and oxygen atoms in total. The largest absolute Gasteiger partial charge is 0.405 e. The highest BCUT2D eigenvalue weighted by Gasteiger charge is 2.27. The minimum absolute atomic E-state index is 0.0161. The zero-order chi connectivity index (χ0) is 21.7. The molecule has 1 aromatic heterocycles. The Labute approximate surface area is 169 Å². The third kappa shape index (κ3) is 5.87. The van der Waals surface area contributed by atoms with Crippen molar-refractivity contribution >= 4 is 17.5 Å². The number of nitrogens with zero attached hydrogens (tertiary/aromatic N) is 4. The molecule has 0 aliphatic heterocycles. The normalized spacial score (nSPS) is 11.2. The van der Waals surface area contributed by atoms with Crippen LogP contribution >= 0.6 is 0 Å². The van der Waals surface area contributed by atoms with Gasteiger partial charge in [0.15, 0.2) is 0 Å². The third-order valence-electron chi connectivity index (χ3n) is 3.91. The maximum atomic E-state index is 12.2. The van der Waals surface area contributed by atoms with Crippen molar-refractivity contribution < 1.29 is 22.8 Å². The second-order valence-electron chi connectivity index (χ2n) is 6.44. The Balaban J connectivity index is 1.60. The molecule has 2 amide bonds. The zero-order valence-electron chi connectivity index (χ0n) is 15.8. The van der Waals surface area contributed by atoms with Gasteiger partial charge in [-0.25, -0.2) is 0 Å². The number of hydrogen-bond donors (Lipinski definition) is 2. The smallest absolute Gasteiger partial charge is 0.343 e. The molecular weight excluding hydrogens is 401 g/mol. The molecule has 11 heteroatoms. The van der Waals surface area contributed by atoms with Crippen molar-refractivity contribution in [1.29, 1.82) is 0 Å². The number of amides is 2. The van der Waals surface area contributed by atoms with Gasteiger partial charge in [0, 0.05) is 16.8 Å². The molecule has 0 saturated carbocycles. The van der Waals surface area contributed by atoms with E-state index in [4.69, 9.17) is 0 Å². The third-order valence-corrected chi connectivity index (χ3v) is 3.91. The van der Waals surface area contributed by atoms with E-state index >= 15 is 0 Å². The van der Waals surface area contributed by atoms with Crippen LogP contribution in [-0.2, 0) is 11.3 Å². The van der Waals surface area contributed by atoms with Crippen LogP contribution in [-0.4, -0.2) is 44.7 Å². The summed E-state index contributed by atoms with van der Waals surface area (Å²) in [6.07, 6.45) is -4.51.